The van der Waals surface area contributed by atoms with Crippen LogP contribution in [0, 0.1) is 0 Å². The van der Waals surface area contributed by atoms with Gasteiger partial charge < -0.3 is 9.84 Å². The standard InChI is InChI=1S/C19H26BrNO4/c1-12(23)10-19(5)15-9-16(20)14(11-22)8-13(15)6-7-21(19)17(24)25-18(2,3)4/h8-9,22H,6-7,10-11H2,1-5H3. The number of ketones is 1. The summed E-state index contributed by atoms with van der Waals surface area (Å²) in [6.07, 6.45) is 0.455. The molecule has 0 radical (unpaired) electrons. The summed E-state index contributed by atoms with van der Waals surface area (Å²) >= 11 is 3.48. The molecule has 0 saturated heterocycles. The number of hydrogen-bond donors (Lipinski definition) is 1. The first-order valence-electron chi connectivity index (χ1n) is 8.40. The molecule has 0 aromatic heterocycles. The number of rotatable bonds is 3. The van der Waals surface area contributed by atoms with Gasteiger partial charge in [-0.05, 0) is 63.8 Å². The van der Waals surface area contributed by atoms with Gasteiger partial charge in [0.05, 0.1) is 12.1 Å². The number of carbonyl (C=O) groups is 2. The maximum Gasteiger partial charge on any atom is 0.411 e. The van der Waals surface area contributed by atoms with Gasteiger partial charge >= 0.3 is 6.09 Å². The quantitative estimate of drug-likeness (QED) is 0.817. The molecule has 2 rings (SSSR count). The Kier molecular flexibility index (Phi) is 5.64. The molecule has 1 unspecified atom stereocenters. The highest BCUT2D eigenvalue weighted by atomic mass is 79.9. The van der Waals surface area contributed by atoms with Crippen molar-refractivity contribution in [1.29, 1.82) is 0 Å². The lowest BCUT2D eigenvalue weighted by molar-refractivity contribution is -0.120. The van der Waals surface area contributed by atoms with E-state index in [1.54, 1.807) is 4.90 Å². The number of hydrogen-bond acceptors (Lipinski definition) is 4. The number of ether oxygens (including phenoxy) is 1. The highest BCUT2D eigenvalue weighted by Gasteiger charge is 2.44. The number of aliphatic hydroxyl groups excluding tert-OH is 1. The molecular weight excluding hydrogens is 386 g/mol. The van der Waals surface area contributed by atoms with E-state index < -0.39 is 17.2 Å². The Bertz CT molecular complexity index is 695. The summed E-state index contributed by atoms with van der Waals surface area (Å²) in [6.45, 7) is 9.33. The molecule has 1 atom stereocenters. The second-order valence-electron chi connectivity index (χ2n) is 7.79. The van der Waals surface area contributed by atoms with Crippen LogP contribution in [0.25, 0.3) is 0 Å². The smallest absolute Gasteiger partial charge is 0.411 e. The minimum absolute atomic E-state index is 0.00580. The van der Waals surface area contributed by atoms with Crippen molar-refractivity contribution in [3.63, 3.8) is 0 Å². The van der Waals surface area contributed by atoms with Crippen LogP contribution in [0.5, 0.6) is 0 Å². The van der Waals surface area contributed by atoms with E-state index in [2.05, 4.69) is 15.9 Å². The van der Waals surface area contributed by atoms with Gasteiger partial charge in [0.15, 0.2) is 0 Å². The molecule has 0 saturated carbocycles. The highest BCUT2D eigenvalue weighted by molar-refractivity contribution is 9.10. The number of fused-ring (bicyclic) bond motifs is 1. The molecule has 0 spiro atoms. The molecule has 1 heterocycles. The summed E-state index contributed by atoms with van der Waals surface area (Å²) in [7, 11) is 0. The Hall–Kier alpha value is -1.40. The summed E-state index contributed by atoms with van der Waals surface area (Å²) in [5.41, 5.74) is 1.39. The van der Waals surface area contributed by atoms with Crippen LogP contribution >= 0.6 is 15.9 Å². The van der Waals surface area contributed by atoms with Gasteiger partial charge in [-0.1, -0.05) is 22.0 Å². The molecule has 1 aliphatic rings. The third kappa shape index (κ3) is 4.23. The van der Waals surface area contributed by atoms with Crippen molar-refractivity contribution >= 4 is 27.8 Å². The molecule has 1 aromatic carbocycles. The van der Waals surface area contributed by atoms with Gasteiger partial charge in [-0.25, -0.2) is 4.79 Å². The molecule has 138 valence electrons. The van der Waals surface area contributed by atoms with Crippen molar-refractivity contribution in [1.82, 2.24) is 4.90 Å². The average Bonchev–Trinajstić information content (AvgIpc) is 2.44. The lowest BCUT2D eigenvalue weighted by Crippen LogP contribution is -2.53. The van der Waals surface area contributed by atoms with Gasteiger partial charge in [0.25, 0.3) is 0 Å². The van der Waals surface area contributed by atoms with E-state index in [1.807, 2.05) is 39.8 Å². The van der Waals surface area contributed by atoms with Crippen LogP contribution in [0.3, 0.4) is 0 Å². The first kappa shape index (κ1) is 19.9. The number of Topliss-reactive ketones (excluding diaryl/α,β-unsaturated/α-hetero) is 1. The monoisotopic (exact) mass is 411 g/mol. The Morgan fingerprint density at radius 2 is 2.00 bits per heavy atom. The van der Waals surface area contributed by atoms with Gasteiger partial charge in [-0.2, -0.15) is 0 Å². The maximum atomic E-state index is 12.8. The molecule has 1 N–H and O–H groups in total. The largest absolute Gasteiger partial charge is 0.444 e. The number of carbonyl (C=O) groups excluding carboxylic acids is 2. The second-order valence-corrected chi connectivity index (χ2v) is 8.65. The molecule has 25 heavy (non-hydrogen) atoms. The molecule has 0 bridgehead atoms. The normalized spacial score (nSPS) is 20.2. The van der Waals surface area contributed by atoms with Crippen LogP contribution in [0.2, 0.25) is 0 Å². The fourth-order valence-corrected chi connectivity index (χ4v) is 3.88. The SMILES string of the molecule is CC(=O)CC1(C)c2cc(Br)c(CO)cc2CCN1C(=O)OC(C)(C)C. The van der Waals surface area contributed by atoms with Crippen molar-refractivity contribution in [2.45, 2.75) is 65.2 Å². The molecule has 0 aliphatic carbocycles. The maximum absolute atomic E-state index is 12.8. The topological polar surface area (TPSA) is 66.8 Å². The Morgan fingerprint density at radius 3 is 2.52 bits per heavy atom. The zero-order chi connectivity index (χ0) is 19.0. The number of amides is 1. The number of benzene rings is 1. The number of halogens is 1. The molecule has 1 amide bonds. The van der Waals surface area contributed by atoms with E-state index in [1.165, 1.54) is 6.92 Å². The van der Waals surface area contributed by atoms with Crippen molar-refractivity contribution in [3.05, 3.63) is 33.3 Å². The summed E-state index contributed by atoms with van der Waals surface area (Å²) in [5.74, 6) is 0.00580. The summed E-state index contributed by atoms with van der Waals surface area (Å²) in [4.78, 5) is 26.4. The Balaban J connectivity index is 2.52. The fourth-order valence-electron chi connectivity index (χ4n) is 3.41. The molecule has 5 nitrogen and oxygen atoms in total. The van der Waals surface area contributed by atoms with Crippen LogP contribution < -0.4 is 0 Å². The van der Waals surface area contributed by atoms with E-state index >= 15 is 0 Å². The predicted molar refractivity (Wildman–Crippen MR) is 99.4 cm³/mol. The van der Waals surface area contributed by atoms with Crippen LogP contribution in [0.4, 0.5) is 4.79 Å². The zero-order valence-corrected chi connectivity index (χ0v) is 17.1. The Morgan fingerprint density at radius 1 is 1.36 bits per heavy atom. The summed E-state index contributed by atoms with van der Waals surface area (Å²) in [5, 5.41) is 9.49. The average molecular weight is 412 g/mol. The van der Waals surface area contributed by atoms with E-state index in [9.17, 15) is 14.7 Å². The van der Waals surface area contributed by atoms with Crippen molar-refractivity contribution in [2.24, 2.45) is 0 Å². The van der Waals surface area contributed by atoms with Crippen molar-refractivity contribution in [2.75, 3.05) is 6.54 Å². The van der Waals surface area contributed by atoms with Crippen LogP contribution in [0.15, 0.2) is 16.6 Å². The zero-order valence-electron chi connectivity index (χ0n) is 15.5. The van der Waals surface area contributed by atoms with E-state index in [0.29, 0.717) is 13.0 Å². The van der Waals surface area contributed by atoms with Crippen molar-refractivity contribution < 1.29 is 19.4 Å². The minimum atomic E-state index is -0.780. The van der Waals surface area contributed by atoms with Gasteiger partial charge in [0.2, 0.25) is 0 Å². The van der Waals surface area contributed by atoms with E-state index in [0.717, 1.165) is 21.2 Å². The molecular formula is C19H26BrNO4. The van der Waals surface area contributed by atoms with Gasteiger partial charge in [0, 0.05) is 17.4 Å². The number of aliphatic hydroxyl groups is 1. The lowest BCUT2D eigenvalue weighted by Gasteiger charge is -2.46. The fraction of sp³-hybridized carbons (Fsp3) is 0.579. The molecule has 6 heteroatoms. The minimum Gasteiger partial charge on any atom is -0.444 e. The van der Waals surface area contributed by atoms with Crippen molar-refractivity contribution in [3.8, 4) is 0 Å². The molecule has 1 aliphatic heterocycles. The second kappa shape index (κ2) is 7.08. The predicted octanol–water partition coefficient (Wildman–Crippen LogP) is 3.93. The van der Waals surface area contributed by atoms with Gasteiger partial charge in [0.1, 0.15) is 11.4 Å². The summed E-state index contributed by atoms with van der Waals surface area (Å²) < 4.78 is 6.34. The van der Waals surface area contributed by atoms with Crippen LogP contribution in [-0.4, -0.2) is 34.0 Å². The van der Waals surface area contributed by atoms with Crippen LogP contribution in [-0.2, 0) is 28.1 Å². The van der Waals surface area contributed by atoms with Gasteiger partial charge in [-0.15, -0.1) is 0 Å². The third-order valence-corrected chi connectivity index (χ3v) is 5.17. The Labute approximate surface area is 157 Å². The number of nitrogens with zero attached hydrogens (tertiary/aromatic N) is 1. The van der Waals surface area contributed by atoms with E-state index in [4.69, 9.17) is 4.74 Å². The summed E-state index contributed by atoms with van der Waals surface area (Å²) in [6, 6.07) is 3.87. The van der Waals surface area contributed by atoms with Gasteiger partial charge in [-0.3, -0.25) is 9.69 Å². The highest BCUT2D eigenvalue weighted by Crippen LogP contribution is 2.41. The van der Waals surface area contributed by atoms with Crippen LogP contribution in [0.1, 0.15) is 57.7 Å². The van der Waals surface area contributed by atoms with E-state index in [-0.39, 0.29) is 18.8 Å². The third-order valence-electron chi connectivity index (χ3n) is 4.43. The lowest BCUT2D eigenvalue weighted by atomic mass is 9.78. The first-order valence-corrected chi connectivity index (χ1v) is 9.20. The molecule has 1 aromatic rings. The first-order chi connectivity index (χ1) is 11.5. The molecule has 0 fully saturated rings.